The Kier molecular flexibility index (Phi) is 4.00. The molecule has 6 heteroatoms. The highest BCUT2D eigenvalue weighted by atomic mass is 16.5. The fraction of sp³-hybridized carbons (Fsp3) is 0.375. The maximum atomic E-state index is 5.32. The number of allylic oxidation sites excluding steroid dienone is 2. The van der Waals surface area contributed by atoms with Crippen molar-refractivity contribution in [3.8, 4) is 23.1 Å². The van der Waals surface area contributed by atoms with Crippen LogP contribution in [0.25, 0.3) is 16.8 Å². The minimum Gasteiger partial charge on any atom is -0.480 e. The van der Waals surface area contributed by atoms with Crippen LogP contribution in [-0.4, -0.2) is 34.4 Å². The number of rotatable bonds is 4. The molecule has 2 aromatic rings. The molecule has 0 spiro atoms. The second-order valence-corrected chi connectivity index (χ2v) is 5.13. The zero-order chi connectivity index (χ0) is 15.5. The Morgan fingerprint density at radius 3 is 2.64 bits per heavy atom. The van der Waals surface area contributed by atoms with E-state index in [0.717, 1.165) is 24.1 Å². The van der Waals surface area contributed by atoms with Crippen molar-refractivity contribution in [3.63, 3.8) is 0 Å². The summed E-state index contributed by atoms with van der Waals surface area (Å²) in [5.74, 6) is 0.427. The summed E-state index contributed by atoms with van der Waals surface area (Å²) in [5.41, 5.74) is 4.82. The average Bonchev–Trinajstić information content (AvgIpc) is 3.09. The fourth-order valence-corrected chi connectivity index (χ4v) is 2.61. The van der Waals surface area contributed by atoms with E-state index in [4.69, 9.17) is 9.47 Å². The molecule has 22 heavy (non-hydrogen) atoms. The molecule has 0 saturated carbocycles. The molecule has 2 heterocycles. The monoisotopic (exact) mass is 298 g/mol. The van der Waals surface area contributed by atoms with Crippen LogP contribution in [0.5, 0.6) is 11.9 Å². The van der Waals surface area contributed by atoms with Crippen LogP contribution in [-0.2, 0) is 0 Å². The van der Waals surface area contributed by atoms with Gasteiger partial charge in [0.15, 0.2) is 0 Å². The van der Waals surface area contributed by atoms with Crippen LogP contribution < -0.4 is 9.47 Å². The molecule has 0 radical (unpaired) electrons. The molecular formula is C16H18N4O2. The second kappa shape index (κ2) is 6.09. The Morgan fingerprint density at radius 1 is 1.09 bits per heavy atom. The van der Waals surface area contributed by atoms with E-state index in [-0.39, 0.29) is 6.01 Å². The van der Waals surface area contributed by atoms with Crippen LogP contribution in [0.3, 0.4) is 0 Å². The van der Waals surface area contributed by atoms with Gasteiger partial charge in [0.25, 0.3) is 0 Å². The number of ether oxygens (including phenoxy) is 2. The van der Waals surface area contributed by atoms with Crippen LogP contribution >= 0.6 is 0 Å². The predicted molar refractivity (Wildman–Crippen MR) is 82.7 cm³/mol. The lowest BCUT2D eigenvalue weighted by Crippen LogP contribution is -2.01. The molecule has 0 amide bonds. The van der Waals surface area contributed by atoms with Gasteiger partial charge in [-0.15, -0.1) is 5.10 Å². The lowest BCUT2D eigenvalue weighted by molar-refractivity contribution is 0.353. The molecule has 3 rings (SSSR count). The molecule has 0 bridgehead atoms. The van der Waals surface area contributed by atoms with Gasteiger partial charge in [-0.1, -0.05) is 6.08 Å². The van der Waals surface area contributed by atoms with Crippen LogP contribution in [0.15, 0.2) is 18.3 Å². The Hall–Kier alpha value is -2.50. The van der Waals surface area contributed by atoms with Gasteiger partial charge in [-0.25, -0.2) is 4.98 Å². The SMILES string of the molecule is COc1ncc(-c2cc(C3=CCCC3)c(C)nn2)c(OC)n1. The first-order valence-corrected chi connectivity index (χ1v) is 7.22. The highest BCUT2D eigenvalue weighted by molar-refractivity contribution is 5.73. The van der Waals surface area contributed by atoms with Crippen molar-refractivity contribution in [2.45, 2.75) is 26.2 Å². The van der Waals surface area contributed by atoms with Gasteiger partial charge in [0, 0.05) is 11.8 Å². The lowest BCUT2D eigenvalue weighted by atomic mass is 10.0. The highest BCUT2D eigenvalue weighted by Crippen LogP contribution is 2.33. The predicted octanol–water partition coefficient (Wildman–Crippen LogP) is 2.83. The standard InChI is InChI=1S/C16H18N4O2/c1-10-12(11-6-4-5-7-11)8-14(20-19-10)13-9-17-16(22-3)18-15(13)21-2/h6,8-9H,4-5,7H2,1-3H3. The number of aromatic nitrogens is 4. The van der Waals surface area contributed by atoms with Crippen molar-refractivity contribution in [1.29, 1.82) is 0 Å². The van der Waals surface area contributed by atoms with Crippen molar-refractivity contribution in [2.75, 3.05) is 14.2 Å². The van der Waals surface area contributed by atoms with Gasteiger partial charge < -0.3 is 9.47 Å². The molecular weight excluding hydrogens is 280 g/mol. The Bertz CT molecular complexity index is 728. The first kappa shape index (κ1) is 14.4. The normalized spacial score (nSPS) is 13.9. The summed E-state index contributed by atoms with van der Waals surface area (Å²) in [6.07, 6.45) is 7.33. The number of hydrogen-bond acceptors (Lipinski definition) is 6. The first-order valence-electron chi connectivity index (χ1n) is 7.22. The third-order valence-corrected chi connectivity index (χ3v) is 3.75. The van der Waals surface area contributed by atoms with E-state index in [1.807, 2.05) is 13.0 Å². The fourth-order valence-electron chi connectivity index (χ4n) is 2.61. The zero-order valence-electron chi connectivity index (χ0n) is 13.0. The molecule has 0 atom stereocenters. The van der Waals surface area contributed by atoms with Gasteiger partial charge in [0.2, 0.25) is 5.88 Å². The summed E-state index contributed by atoms with van der Waals surface area (Å²) < 4.78 is 10.3. The van der Waals surface area contributed by atoms with Crippen LogP contribution in [0.4, 0.5) is 0 Å². The first-order chi connectivity index (χ1) is 10.7. The molecule has 0 unspecified atom stereocenters. The molecule has 1 aliphatic rings. The highest BCUT2D eigenvalue weighted by Gasteiger charge is 2.16. The zero-order valence-corrected chi connectivity index (χ0v) is 13.0. The molecule has 0 fully saturated rings. The largest absolute Gasteiger partial charge is 0.480 e. The van der Waals surface area contributed by atoms with Gasteiger partial charge in [-0.2, -0.15) is 10.1 Å². The molecule has 2 aromatic heterocycles. The molecule has 0 aromatic carbocycles. The molecule has 0 saturated heterocycles. The number of hydrogen-bond donors (Lipinski definition) is 0. The van der Waals surface area contributed by atoms with Gasteiger partial charge in [0.05, 0.1) is 25.5 Å². The molecule has 6 nitrogen and oxygen atoms in total. The number of methoxy groups -OCH3 is 2. The van der Waals surface area contributed by atoms with Crippen LogP contribution in [0, 0.1) is 6.92 Å². The smallest absolute Gasteiger partial charge is 0.319 e. The van der Waals surface area contributed by atoms with Gasteiger partial charge in [-0.05, 0) is 37.8 Å². The van der Waals surface area contributed by atoms with E-state index in [2.05, 4.69) is 26.2 Å². The third kappa shape index (κ3) is 2.64. The maximum absolute atomic E-state index is 5.32. The lowest BCUT2D eigenvalue weighted by Gasteiger charge is -2.10. The van der Waals surface area contributed by atoms with Crippen LogP contribution in [0.1, 0.15) is 30.5 Å². The van der Waals surface area contributed by atoms with E-state index >= 15 is 0 Å². The molecule has 0 N–H and O–H groups in total. The summed E-state index contributed by atoms with van der Waals surface area (Å²) in [5, 5.41) is 8.55. The molecule has 114 valence electrons. The topological polar surface area (TPSA) is 70.0 Å². The number of aryl methyl sites for hydroxylation is 1. The third-order valence-electron chi connectivity index (χ3n) is 3.75. The Morgan fingerprint density at radius 2 is 1.95 bits per heavy atom. The van der Waals surface area contributed by atoms with Gasteiger partial charge in [-0.3, -0.25) is 0 Å². The summed E-state index contributed by atoms with van der Waals surface area (Å²) in [6.45, 7) is 1.98. The van der Waals surface area contributed by atoms with E-state index in [0.29, 0.717) is 17.1 Å². The summed E-state index contributed by atoms with van der Waals surface area (Å²) in [4.78, 5) is 8.33. The van der Waals surface area contributed by atoms with Gasteiger partial charge >= 0.3 is 6.01 Å². The van der Waals surface area contributed by atoms with Crippen molar-refractivity contribution in [1.82, 2.24) is 20.2 Å². The van der Waals surface area contributed by atoms with Gasteiger partial charge in [0.1, 0.15) is 5.69 Å². The van der Waals surface area contributed by atoms with Crippen molar-refractivity contribution in [2.24, 2.45) is 0 Å². The minimum absolute atomic E-state index is 0.263. The second-order valence-electron chi connectivity index (χ2n) is 5.13. The Labute approximate surface area is 129 Å². The van der Waals surface area contributed by atoms with E-state index < -0.39 is 0 Å². The maximum Gasteiger partial charge on any atom is 0.319 e. The summed E-state index contributed by atoms with van der Waals surface area (Å²) in [7, 11) is 3.08. The van der Waals surface area contributed by atoms with Crippen molar-refractivity contribution in [3.05, 3.63) is 29.6 Å². The van der Waals surface area contributed by atoms with E-state index in [1.54, 1.807) is 13.3 Å². The van der Waals surface area contributed by atoms with Crippen molar-refractivity contribution >= 4 is 5.57 Å². The Balaban J connectivity index is 2.07. The summed E-state index contributed by atoms with van der Waals surface area (Å²) >= 11 is 0. The van der Waals surface area contributed by atoms with Crippen molar-refractivity contribution < 1.29 is 9.47 Å². The molecule has 0 aliphatic heterocycles. The van der Waals surface area contributed by atoms with E-state index in [1.165, 1.54) is 19.1 Å². The number of nitrogens with zero attached hydrogens (tertiary/aromatic N) is 4. The minimum atomic E-state index is 0.263. The molecule has 1 aliphatic carbocycles. The summed E-state index contributed by atoms with van der Waals surface area (Å²) in [6, 6.07) is 2.30. The average molecular weight is 298 g/mol. The van der Waals surface area contributed by atoms with Crippen LogP contribution in [0.2, 0.25) is 0 Å². The van der Waals surface area contributed by atoms with E-state index in [9.17, 15) is 0 Å². The quantitative estimate of drug-likeness (QED) is 0.864.